The summed E-state index contributed by atoms with van der Waals surface area (Å²) in [6.07, 6.45) is 8.99. The van der Waals surface area contributed by atoms with Gasteiger partial charge >= 0.3 is 11.9 Å². The third-order valence-corrected chi connectivity index (χ3v) is 16.0. The number of benzene rings is 6. The van der Waals surface area contributed by atoms with Gasteiger partial charge in [0.15, 0.2) is 11.6 Å². The molecule has 2 N–H and O–H groups in total. The number of aromatic nitrogens is 2. The number of nitrogens with zero attached hydrogens (tertiary/aromatic N) is 2. The van der Waals surface area contributed by atoms with Crippen molar-refractivity contribution in [2.24, 2.45) is 34.5 Å². The molecule has 4 aliphatic carbocycles. The predicted molar refractivity (Wildman–Crippen MR) is 275 cm³/mol. The molecule has 12 rings (SSSR count). The average Bonchev–Trinajstić information content (AvgIpc) is 3.98. The zero-order valence-corrected chi connectivity index (χ0v) is 39.8. The minimum atomic E-state index is -1.36. The van der Waals surface area contributed by atoms with Crippen LogP contribution in [0.15, 0.2) is 158 Å². The lowest BCUT2D eigenvalue weighted by molar-refractivity contribution is -0.158. The molecule has 10 heteroatoms. The first-order chi connectivity index (χ1) is 35.5. The quantitative estimate of drug-likeness (QED) is 0.105. The molecule has 0 bridgehead atoms. The van der Waals surface area contributed by atoms with Crippen molar-refractivity contribution in [3.05, 3.63) is 192 Å². The third-order valence-electron chi connectivity index (χ3n) is 16.0. The summed E-state index contributed by atoms with van der Waals surface area (Å²) in [5.74, 6) is -5.19. The van der Waals surface area contributed by atoms with E-state index in [-0.39, 0.29) is 45.9 Å². The highest BCUT2D eigenvalue weighted by atomic mass is 19.1. The summed E-state index contributed by atoms with van der Waals surface area (Å²) in [7, 11) is 0. The number of hydrogen-bond acceptors (Lipinski definition) is 4. The maximum atomic E-state index is 14.7. The summed E-state index contributed by atoms with van der Waals surface area (Å²) in [5, 5.41) is 19.3. The minimum absolute atomic E-state index is 0.0149. The molecule has 0 atom stereocenters. The summed E-state index contributed by atoms with van der Waals surface area (Å²) in [5.41, 5.74) is 8.76. The molecule has 2 heterocycles. The van der Waals surface area contributed by atoms with Gasteiger partial charge in [-0.2, -0.15) is 0 Å². The van der Waals surface area contributed by atoms with Gasteiger partial charge in [-0.15, -0.1) is 0 Å². The van der Waals surface area contributed by atoms with Crippen LogP contribution in [-0.4, -0.2) is 42.9 Å². The normalized spacial score (nSPS) is 25.2. The van der Waals surface area contributed by atoms with Gasteiger partial charge in [0.2, 0.25) is 0 Å². The van der Waals surface area contributed by atoms with Crippen molar-refractivity contribution in [1.82, 2.24) is 9.13 Å². The van der Waals surface area contributed by atoms with Gasteiger partial charge in [0, 0.05) is 63.0 Å². The predicted octanol–water partition coefficient (Wildman–Crippen LogP) is 13.9. The molecule has 2 aromatic heterocycles. The van der Waals surface area contributed by atoms with E-state index in [1.165, 1.54) is 12.1 Å². The fourth-order valence-corrected chi connectivity index (χ4v) is 12.5. The smallest absolute Gasteiger partial charge is 0.306 e. The zero-order valence-electron chi connectivity index (χ0n) is 41.8. The summed E-state index contributed by atoms with van der Waals surface area (Å²) in [6, 6.07) is 46.2. The Morgan fingerprint density at radius 1 is 0.472 bits per heavy atom. The van der Waals surface area contributed by atoms with Gasteiger partial charge in [0.25, 0.3) is 0 Å². The first kappa shape index (κ1) is 44.5. The van der Waals surface area contributed by atoms with Crippen molar-refractivity contribution in [2.75, 3.05) is 0 Å². The van der Waals surface area contributed by atoms with Crippen molar-refractivity contribution in [2.45, 2.75) is 77.3 Å². The average molecular weight is 965 g/mol. The molecule has 2 spiro atoms. The van der Waals surface area contributed by atoms with Crippen molar-refractivity contribution in [1.29, 1.82) is 0 Å². The summed E-state index contributed by atoms with van der Waals surface area (Å²) >= 11 is 0. The van der Waals surface area contributed by atoms with E-state index in [9.17, 15) is 38.2 Å². The van der Waals surface area contributed by atoms with Crippen LogP contribution in [0.2, 0.25) is 0 Å². The number of rotatable bonds is 14. The molecular formula is C62H56F2N2O6. The standard InChI is InChI=1S/2C31H28FNO3/c2*32-27-11-10-26(28(34)14-21-15-31(16-21)17-24(18-31)30(35)36)29-25(27)12-13-33(29)19-20-6-8-23(9-7-20)22-4-2-1-3-5-22/h2*1-13,21,24H,14-19H2,(H,35,36)/i2*24D. The number of aliphatic carboxylic acids is 2. The summed E-state index contributed by atoms with van der Waals surface area (Å²) in [6.45, 7) is 1.05. The van der Waals surface area contributed by atoms with Gasteiger partial charge < -0.3 is 19.3 Å². The Hall–Kier alpha value is -7.46. The highest BCUT2D eigenvalue weighted by Gasteiger charge is 2.56. The van der Waals surface area contributed by atoms with Crippen LogP contribution in [0.4, 0.5) is 8.78 Å². The second-order valence-electron chi connectivity index (χ2n) is 21.1. The molecule has 6 aromatic carbocycles. The van der Waals surface area contributed by atoms with E-state index in [2.05, 4.69) is 72.8 Å². The number of halogens is 2. The number of carboxylic acid groups (broad SMARTS) is 2. The van der Waals surface area contributed by atoms with E-state index in [0.29, 0.717) is 84.5 Å². The number of hydrogen-bond donors (Lipinski definition) is 2. The molecule has 8 nitrogen and oxygen atoms in total. The number of carboxylic acids is 2. The molecule has 72 heavy (non-hydrogen) atoms. The van der Waals surface area contributed by atoms with Gasteiger partial charge in [0.05, 0.1) is 22.8 Å². The summed E-state index contributed by atoms with van der Waals surface area (Å²) < 4.78 is 49.2. The van der Waals surface area contributed by atoms with Gasteiger partial charge in [-0.25, -0.2) is 8.78 Å². The maximum Gasteiger partial charge on any atom is 0.306 e. The lowest BCUT2D eigenvalue weighted by Crippen LogP contribution is -2.50. The number of Topliss-reactive ketones (excluding diaryl/α,β-unsaturated/α-hetero) is 2. The first-order valence-corrected chi connectivity index (χ1v) is 24.9. The Labute approximate surface area is 419 Å². The molecule has 0 aliphatic heterocycles. The second kappa shape index (κ2) is 18.9. The van der Waals surface area contributed by atoms with Gasteiger partial charge in [-0.05, 0) is 144 Å². The number of carbonyl (C=O) groups is 4. The van der Waals surface area contributed by atoms with E-state index in [4.69, 9.17) is 2.74 Å². The first-order valence-electron chi connectivity index (χ1n) is 25.9. The molecule has 4 aliphatic rings. The van der Waals surface area contributed by atoms with Crippen LogP contribution < -0.4 is 0 Å². The van der Waals surface area contributed by atoms with Crippen molar-refractivity contribution >= 4 is 45.3 Å². The lowest BCUT2D eigenvalue weighted by Gasteiger charge is -2.56. The molecule has 0 amide bonds. The lowest BCUT2D eigenvalue weighted by atomic mass is 9.47. The molecule has 0 unspecified atom stereocenters. The van der Waals surface area contributed by atoms with Gasteiger partial charge in [0.1, 0.15) is 11.6 Å². The van der Waals surface area contributed by atoms with Crippen LogP contribution >= 0.6 is 0 Å². The van der Waals surface area contributed by atoms with E-state index in [1.54, 1.807) is 24.3 Å². The molecule has 4 saturated carbocycles. The molecule has 4 fully saturated rings. The molecule has 8 aromatic rings. The highest BCUT2D eigenvalue weighted by molar-refractivity contribution is 6.08. The molecule has 0 radical (unpaired) electrons. The van der Waals surface area contributed by atoms with Crippen LogP contribution in [0.25, 0.3) is 44.1 Å². The van der Waals surface area contributed by atoms with Gasteiger partial charge in [-0.3, -0.25) is 19.2 Å². The van der Waals surface area contributed by atoms with Crippen molar-refractivity contribution in [3.63, 3.8) is 0 Å². The largest absolute Gasteiger partial charge is 0.481 e. The van der Waals surface area contributed by atoms with Crippen molar-refractivity contribution in [3.8, 4) is 22.3 Å². The summed E-state index contributed by atoms with van der Waals surface area (Å²) in [4.78, 5) is 49.3. The monoisotopic (exact) mass is 964 g/mol. The van der Waals surface area contributed by atoms with Crippen molar-refractivity contribution < 1.29 is 40.9 Å². The number of ketones is 2. The van der Waals surface area contributed by atoms with Crippen LogP contribution in [-0.2, 0) is 22.7 Å². The Morgan fingerprint density at radius 2 is 0.819 bits per heavy atom. The van der Waals surface area contributed by atoms with Crippen LogP contribution in [0, 0.1) is 46.1 Å². The Morgan fingerprint density at radius 3 is 1.17 bits per heavy atom. The fourth-order valence-electron chi connectivity index (χ4n) is 12.5. The number of fused-ring (bicyclic) bond motifs is 2. The molecule has 364 valence electrons. The SMILES string of the molecule is [2H]C1(C(=O)O)CC2(CC(CC(=O)c3ccc(F)c4ccn(Cc5ccc(-c6ccccc6)cc5)c34)C2)C1.[2H]C1(C(=O)O)CC2(CC(CC(=O)c3ccc(F)c4ccn(Cc5ccc(-c6ccccc6)cc5)c34)C2)C1. The molecular weight excluding hydrogens is 907 g/mol. The van der Waals surface area contributed by atoms with E-state index in [0.717, 1.165) is 59.1 Å². The fraction of sp³-hybridized carbons (Fsp3) is 0.290. The Balaban J connectivity index is 0.000000159. The van der Waals surface area contributed by atoms with E-state index in [1.807, 2.05) is 57.9 Å². The maximum absolute atomic E-state index is 14.7. The Kier molecular flexibility index (Phi) is 11.7. The minimum Gasteiger partial charge on any atom is -0.481 e. The van der Waals surface area contributed by atoms with E-state index >= 15 is 0 Å². The second-order valence-corrected chi connectivity index (χ2v) is 21.1. The zero-order chi connectivity index (χ0) is 51.6. The van der Waals surface area contributed by atoms with Gasteiger partial charge in [-0.1, -0.05) is 109 Å². The van der Waals surface area contributed by atoms with E-state index < -0.39 is 23.7 Å². The van der Waals surface area contributed by atoms with Crippen LogP contribution in [0.3, 0.4) is 0 Å². The number of carbonyl (C=O) groups excluding carboxylic acids is 2. The van der Waals surface area contributed by atoms with Crippen LogP contribution in [0.1, 0.15) is 98.8 Å². The Bertz CT molecular complexity index is 3220. The third kappa shape index (κ3) is 9.19. The topological polar surface area (TPSA) is 119 Å². The molecule has 0 saturated heterocycles. The van der Waals surface area contributed by atoms with Crippen LogP contribution in [0.5, 0.6) is 0 Å². The highest BCUT2D eigenvalue weighted by Crippen LogP contribution is 2.63.